The fourth-order valence-corrected chi connectivity index (χ4v) is 9.05. The first-order chi connectivity index (χ1) is 27.7. The summed E-state index contributed by atoms with van der Waals surface area (Å²) in [5.74, 6) is 1.93. The van der Waals surface area contributed by atoms with Crippen molar-refractivity contribution in [2.45, 2.75) is 0 Å². The Morgan fingerprint density at radius 1 is 0.339 bits per heavy atom. The molecule has 0 spiro atoms. The number of hydrogen-bond donors (Lipinski definition) is 0. The largest absolute Gasteiger partial charge is 0.455 e. The van der Waals surface area contributed by atoms with Gasteiger partial charge in [-0.1, -0.05) is 164 Å². The predicted octanol–water partition coefficient (Wildman–Crippen LogP) is 14.1. The zero-order valence-electron chi connectivity index (χ0n) is 30.1. The first-order valence-electron chi connectivity index (χ1n) is 18.7. The molecule has 4 nitrogen and oxygen atoms in total. The molecule has 0 radical (unpaired) electrons. The maximum absolute atomic E-state index is 6.64. The molecule has 0 bridgehead atoms. The van der Waals surface area contributed by atoms with Crippen LogP contribution in [0.4, 0.5) is 0 Å². The number of furan rings is 1. The second-order valence-electron chi connectivity index (χ2n) is 13.9. The SMILES string of the molecule is c1ccc(-c2ccc(-c3nc(-c4ccccc4)nc(-c4ccc5c(c4)sc4cccc(-c6ccc(-c7ccccc7)c7oc8ccccc8c67)c45)n3)cc2)cc1. The number of rotatable bonds is 6. The number of nitrogens with zero attached hydrogens (tertiary/aromatic N) is 3. The van der Waals surface area contributed by atoms with Gasteiger partial charge in [0.15, 0.2) is 17.5 Å². The van der Waals surface area contributed by atoms with Crippen molar-refractivity contribution in [1.29, 1.82) is 0 Å². The standard InChI is InChI=1S/C51H31N3OS/c1-4-13-32(14-5-1)33-23-25-36(26-24-33)50-52-49(35-17-8-3-9-18-35)53-51(54-50)37-27-28-42-45(31-37)56-44-22-12-20-39(46(42)44)40-30-29-38(34-15-6-2-7-16-34)48-47(40)41-19-10-11-21-43(41)55-48/h1-31H. The quantitative estimate of drug-likeness (QED) is 0.171. The molecule has 0 fully saturated rings. The zero-order chi connectivity index (χ0) is 37.0. The summed E-state index contributed by atoms with van der Waals surface area (Å²) in [6.07, 6.45) is 0. The van der Waals surface area contributed by atoms with Gasteiger partial charge in [-0.15, -0.1) is 11.3 Å². The van der Waals surface area contributed by atoms with Crippen molar-refractivity contribution >= 4 is 53.4 Å². The topological polar surface area (TPSA) is 51.8 Å². The molecule has 5 heteroatoms. The summed E-state index contributed by atoms with van der Waals surface area (Å²) >= 11 is 1.80. The lowest BCUT2D eigenvalue weighted by molar-refractivity contribution is 0.670. The third-order valence-corrected chi connectivity index (χ3v) is 11.7. The monoisotopic (exact) mass is 733 g/mol. The van der Waals surface area contributed by atoms with Gasteiger partial charge >= 0.3 is 0 Å². The van der Waals surface area contributed by atoms with E-state index >= 15 is 0 Å². The summed E-state index contributed by atoms with van der Waals surface area (Å²) in [6, 6.07) is 65.6. The van der Waals surface area contributed by atoms with E-state index in [-0.39, 0.29) is 0 Å². The minimum atomic E-state index is 0.641. The fraction of sp³-hybridized carbons (Fsp3) is 0. The van der Waals surface area contributed by atoms with Gasteiger partial charge in [0.05, 0.1) is 0 Å². The molecule has 0 amide bonds. The Morgan fingerprint density at radius 2 is 0.875 bits per heavy atom. The van der Waals surface area contributed by atoms with Crippen LogP contribution in [0.25, 0.3) is 110 Å². The molecule has 262 valence electrons. The average Bonchev–Trinajstić information content (AvgIpc) is 3.86. The van der Waals surface area contributed by atoms with Crippen LogP contribution in [0.15, 0.2) is 192 Å². The van der Waals surface area contributed by atoms with Crippen molar-refractivity contribution in [1.82, 2.24) is 15.0 Å². The highest BCUT2D eigenvalue weighted by molar-refractivity contribution is 7.26. The Kier molecular flexibility index (Phi) is 7.64. The van der Waals surface area contributed by atoms with Crippen LogP contribution in [0.5, 0.6) is 0 Å². The molecule has 0 atom stereocenters. The van der Waals surface area contributed by atoms with Crippen LogP contribution in [0.3, 0.4) is 0 Å². The number of para-hydroxylation sites is 1. The Labute approximate surface area is 327 Å². The highest BCUT2D eigenvalue weighted by Gasteiger charge is 2.20. The molecule has 8 aromatic carbocycles. The molecule has 3 heterocycles. The molecule has 0 aliphatic carbocycles. The first kappa shape index (κ1) is 32.2. The lowest BCUT2D eigenvalue weighted by Gasteiger charge is -2.10. The van der Waals surface area contributed by atoms with Crippen molar-refractivity contribution in [3.8, 4) is 67.5 Å². The molecule has 0 unspecified atom stereocenters. The van der Waals surface area contributed by atoms with Crippen LogP contribution in [-0.4, -0.2) is 15.0 Å². The number of thiophene rings is 1. The zero-order valence-corrected chi connectivity index (χ0v) is 30.9. The minimum absolute atomic E-state index is 0.641. The lowest BCUT2D eigenvalue weighted by atomic mass is 9.92. The van der Waals surface area contributed by atoms with Crippen LogP contribution < -0.4 is 0 Å². The van der Waals surface area contributed by atoms with Crippen LogP contribution in [0.1, 0.15) is 0 Å². The van der Waals surface area contributed by atoms with E-state index < -0.39 is 0 Å². The predicted molar refractivity (Wildman–Crippen MR) is 233 cm³/mol. The summed E-state index contributed by atoms with van der Waals surface area (Å²) in [5.41, 5.74) is 11.5. The lowest BCUT2D eigenvalue weighted by Crippen LogP contribution is -2.00. The third kappa shape index (κ3) is 5.48. The molecule has 0 saturated heterocycles. The summed E-state index contributed by atoms with van der Waals surface area (Å²) in [5, 5.41) is 4.68. The number of hydrogen-bond acceptors (Lipinski definition) is 5. The molecule has 11 rings (SSSR count). The van der Waals surface area contributed by atoms with Crippen LogP contribution in [0.2, 0.25) is 0 Å². The second-order valence-corrected chi connectivity index (χ2v) is 15.0. The van der Waals surface area contributed by atoms with Crippen molar-refractivity contribution in [2.24, 2.45) is 0 Å². The Bertz CT molecular complexity index is 3230. The first-order valence-corrected chi connectivity index (χ1v) is 19.5. The van der Waals surface area contributed by atoms with E-state index in [9.17, 15) is 0 Å². The maximum atomic E-state index is 6.64. The highest BCUT2D eigenvalue weighted by Crippen LogP contribution is 2.46. The van der Waals surface area contributed by atoms with Gasteiger partial charge in [-0.05, 0) is 52.1 Å². The van der Waals surface area contributed by atoms with Crippen molar-refractivity contribution in [2.75, 3.05) is 0 Å². The summed E-state index contributed by atoms with van der Waals surface area (Å²) in [6.45, 7) is 0. The van der Waals surface area contributed by atoms with E-state index in [0.29, 0.717) is 17.5 Å². The second kappa shape index (κ2) is 13.3. The van der Waals surface area contributed by atoms with Crippen LogP contribution >= 0.6 is 11.3 Å². The van der Waals surface area contributed by atoms with Gasteiger partial charge in [0.25, 0.3) is 0 Å². The maximum Gasteiger partial charge on any atom is 0.164 e. The summed E-state index contributed by atoms with van der Waals surface area (Å²) in [4.78, 5) is 15.1. The Balaban J connectivity index is 1.06. The number of fused-ring (bicyclic) bond motifs is 6. The summed E-state index contributed by atoms with van der Waals surface area (Å²) < 4.78 is 9.04. The summed E-state index contributed by atoms with van der Waals surface area (Å²) in [7, 11) is 0. The van der Waals surface area contributed by atoms with Gasteiger partial charge in [-0.25, -0.2) is 15.0 Å². The van der Waals surface area contributed by atoms with Crippen molar-refractivity contribution < 1.29 is 4.42 Å². The molecule has 11 aromatic rings. The smallest absolute Gasteiger partial charge is 0.164 e. The Hall–Kier alpha value is -7.21. The molecular formula is C51H31N3OS. The van der Waals surface area contributed by atoms with Gasteiger partial charge < -0.3 is 4.42 Å². The van der Waals surface area contributed by atoms with E-state index in [0.717, 1.165) is 60.9 Å². The molecule has 0 saturated carbocycles. The van der Waals surface area contributed by atoms with Crippen molar-refractivity contribution in [3.63, 3.8) is 0 Å². The van der Waals surface area contributed by atoms with E-state index in [1.807, 2.05) is 48.5 Å². The highest BCUT2D eigenvalue weighted by atomic mass is 32.1. The van der Waals surface area contributed by atoms with Gasteiger partial charge in [0, 0.05) is 53.2 Å². The van der Waals surface area contributed by atoms with Gasteiger partial charge in [-0.3, -0.25) is 0 Å². The Morgan fingerprint density at radius 3 is 1.61 bits per heavy atom. The molecular weight excluding hydrogens is 703 g/mol. The number of aromatic nitrogens is 3. The molecule has 0 aliphatic rings. The van der Waals surface area contributed by atoms with E-state index in [1.165, 1.54) is 31.3 Å². The molecule has 0 N–H and O–H groups in total. The van der Waals surface area contributed by atoms with Gasteiger partial charge in [0.1, 0.15) is 11.2 Å². The molecule has 56 heavy (non-hydrogen) atoms. The van der Waals surface area contributed by atoms with E-state index in [2.05, 4.69) is 140 Å². The third-order valence-electron chi connectivity index (χ3n) is 10.6. The van der Waals surface area contributed by atoms with Crippen molar-refractivity contribution in [3.05, 3.63) is 188 Å². The van der Waals surface area contributed by atoms with Crippen LogP contribution in [-0.2, 0) is 0 Å². The average molecular weight is 734 g/mol. The fourth-order valence-electron chi connectivity index (χ4n) is 7.88. The molecule has 0 aliphatic heterocycles. The normalized spacial score (nSPS) is 11.6. The van der Waals surface area contributed by atoms with E-state index in [1.54, 1.807) is 11.3 Å². The van der Waals surface area contributed by atoms with Gasteiger partial charge in [-0.2, -0.15) is 0 Å². The van der Waals surface area contributed by atoms with Crippen LogP contribution in [0, 0.1) is 0 Å². The molecule has 3 aromatic heterocycles. The minimum Gasteiger partial charge on any atom is -0.455 e. The number of benzene rings is 8. The van der Waals surface area contributed by atoms with Gasteiger partial charge in [0.2, 0.25) is 0 Å². The van der Waals surface area contributed by atoms with E-state index in [4.69, 9.17) is 19.4 Å².